The lowest BCUT2D eigenvalue weighted by atomic mass is 10.2. The number of hydrogen-bond acceptors (Lipinski definition) is 5. The van der Waals surface area contributed by atoms with E-state index in [4.69, 9.17) is 0 Å². The summed E-state index contributed by atoms with van der Waals surface area (Å²) in [5, 5.41) is 9.40. The molecule has 1 N–H and O–H groups in total. The minimum Gasteiger partial charge on any atom is -0.306 e. The third-order valence-electron chi connectivity index (χ3n) is 2.81. The van der Waals surface area contributed by atoms with E-state index in [-0.39, 0.29) is 0 Å². The molecule has 0 bridgehead atoms. The van der Waals surface area contributed by atoms with Crippen LogP contribution in [0.3, 0.4) is 0 Å². The summed E-state index contributed by atoms with van der Waals surface area (Å²) in [5.74, 6) is 0. The van der Waals surface area contributed by atoms with Crippen LogP contribution < -0.4 is 5.32 Å². The van der Waals surface area contributed by atoms with Crippen LogP contribution in [0.2, 0.25) is 0 Å². The van der Waals surface area contributed by atoms with E-state index in [0.29, 0.717) is 0 Å². The lowest BCUT2D eigenvalue weighted by molar-refractivity contribution is 0.683. The monoisotopic (exact) mass is 251 g/mol. The van der Waals surface area contributed by atoms with Crippen LogP contribution in [0, 0.1) is 0 Å². The molecule has 5 heteroatoms. The standard InChI is InChI=1S/C11H13N3S2/c1-2-8-4-10(16-11(8)3-1)6-12-5-9-7-15-14-13-9/h4,7,12H,1-3,5-6H2. The molecule has 3 rings (SSSR count). The molecular weight excluding hydrogens is 238 g/mol. The Balaban J connectivity index is 1.54. The minimum absolute atomic E-state index is 0.819. The Bertz CT molecular complexity index is 440. The van der Waals surface area contributed by atoms with Gasteiger partial charge in [0, 0.05) is 28.2 Å². The normalized spacial score (nSPS) is 14.2. The maximum absolute atomic E-state index is 4.01. The van der Waals surface area contributed by atoms with Crippen molar-refractivity contribution in [1.82, 2.24) is 14.9 Å². The van der Waals surface area contributed by atoms with Gasteiger partial charge in [-0.2, -0.15) is 0 Å². The molecule has 1 aliphatic rings. The molecule has 3 nitrogen and oxygen atoms in total. The Hall–Kier alpha value is -0.780. The summed E-state index contributed by atoms with van der Waals surface area (Å²) >= 11 is 3.37. The molecule has 0 saturated heterocycles. The van der Waals surface area contributed by atoms with Crippen molar-refractivity contribution in [3.05, 3.63) is 32.5 Å². The second kappa shape index (κ2) is 4.61. The Morgan fingerprint density at radius 2 is 2.31 bits per heavy atom. The first-order valence-corrected chi connectivity index (χ1v) is 7.14. The molecular formula is C11H13N3S2. The van der Waals surface area contributed by atoms with Gasteiger partial charge in [0.1, 0.15) is 0 Å². The molecule has 16 heavy (non-hydrogen) atoms. The van der Waals surface area contributed by atoms with Gasteiger partial charge in [-0.25, -0.2) is 0 Å². The fraction of sp³-hybridized carbons (Fsp3) is 0.455. The third kappa shape index (κ3) is 2.16. The summed E-state index contributed by atoms with van der Waals surface area (Å²) in [7, 11) is 0. The quantitative estimate of drug-likeness (QED) is 0.906. The Labute approximate surface area is 103 Å². The van der Waals surface area contributed by atoms with Gasteiger partial charge in [-0.3, -0.25) is 0 Å². The van der Waals surface area contributed by atoms with Crippen molar-refractivity contribution in [3.8, 4) is 0 Å². The molecule has 0 aromatic carbocycles. The van der Waals surface area contributed by atoms with Crippen LogP contribution in [0.1, 0.15) is 27.4 Å². The molecule has 0 fully saturated rings. The first-order chi connectivity index (χ1) is 7.92. The first-order valence-electron chi connectivity index (χ1n) is 5.49. The second-order valence-corrected chi connectivity index (χ2v) is 5.85. The maximum atomic E-state index is 4.01. The Morgan fingerprint density at radius 1 is 1.31 bits per heavy atom. The molecule has 0 amide bonds. The van der Waals surface area contributed by atoms with Crippen molar-refractivity contribution >= 4 is 22.9 Å². The Morgan fingerprint density at radius 3 is 3.12 bits per heavy atom. The minimum atomic E-state index is 0.819. The zero-order valence-electron chi connectivity index (χ0n) is 8.90. The van der Waals surface area contributed by atoms with E-state index in [1.54, 1.807) is 10.4 Å². The number of nitrogens with zero attached hydrogens (tertiary/aromatic N) is 2. The fourth-order valence-electron chi connectivity index (χ4n) is 2.05. The number of aromatic nitrogens is 2. The zero-order chi connectivity index (χ0) is 10.8. The van der Waals surface area contributed by atoms with E-state index in [2.05, 4.69) is 21.0 Å². The predicted octanol–water partition coefficient (Wildman–Crippen LogP) is 2.38. The van der Waals surface area contributed by atoms with Gasteiger partial charge in [0.25, 0.3) is 0 Å². The highest BCUT2D eigenvalue weighted by Gasteiger charge is 2.14. The maximum Gasteiger partial charge on any atom is 0.0893 e. The number of nitrogens with one attached hydrogen (secondary N) is 1. The molecule has 1 aliphatic carbocycles. The van der Waals surface area contributed by atoms with Crippen molar-refractivity contribution in [2.24, 2.45) is 0 Å². The summed E-state index contributed by atoms with van der Waals surface area (Å²) in [6.07, 6.45) is 3.91. The predicted molar refractivity (Wildman–Crippen MR) is 66.8 cm³/mol. The van der Waals surface area contributed by atoms with Gasteiger partial charge in [-0.1, -0.05) is 4.49 Å². The van der Waals surface area contributed by atoms with Gasteiger partial charge in [-0.15, -0.1) is 16.4 Å². The highest BCUT2D eigenvalue weighted by atomic mass is 32.1. The summed E-state index contributed by atoms with van der Waals surface area (Å²) in [4.78, 5) is 3.06. The topological polar surface area (TPSA) is 37.8 Å². The van der Waals surface area contributed by atoms with Crippen LogP contribution in [-0.4, -0.2) is 9.59 Å². The van der Waals surface area contributed by atoms with Crippen LogP contribution >= 0.6 is 22.9 Å². The smallest absolute Gasteiger partial charge is 0.0893 e. The molecule has 0 atom stereocenters. The van der Waals surface area contributed by atoms with Gasteiger partial charge in [0.05, 0.1) is 5.69 Å². The molecule has 0 spiro atoms. The molecule has 2 heterocycles. The van der Waals surface area contributed by atoms with E-state index in [9.17, 15) is 0 Å². The van der Waals surface area contributed by atoms with Gasteiger partial charge in [0.2, 0.25) is 0 Å². The zero-order valence-corrected chi connectivity index (χ0v) is 10.5. The third-order valence-corrected chi connectivity index (χ3v) is 4.60. The summed E-state index contributed by atoms with van der Waals surface area (Å²) in [6, 6.07) is 2.36. The van der Waals surface area contributed by atoms with Crippen molar-refractivity contribution in [3.63, 3.8) is 0 Å². The van der Waals surface area contributed by atoms with E-state index < -0.39 is 0 Å². The average molecular weight is 251 g/mol. The SMILES string of the molecule is c1snnc1CNCc1cc2c(s1)CCC2. The van der Waals surface area contributed by atoms with Crippen LogP contribution in [0.4, 0.5) is 0 Å². The summed E-state index contributed by atoms with van der Waals surface area (Å²) in [5.41, 5.74) is 2.62. The largest absolute Gasteiger partial charge is 0.306 e. The summed E-state index contributed by atoms with van der Waals surface area (Å²) in [6.45, 7) is 1.77. The van der Waals surface area contributed by atoms with Gasteiger partial charge < -0.3 is 5.32 Å². The first kappa shape index (κ1) is 10.4. The van der Waals surface area contributed by atoms with E-state index in [1.807, 2.05) is 16.7 Å². The number of thiophene rings is 1. The molecule has 0 radical (unpaired) electrons. The van der Waals surface area contributed by atoms with Crippen LogP contribution in [0.15, 0.2) is 11.4 Å². The van der Waals surface area contributed by atoms with Crippen molar-refractivity contribution < 1.29 is 0 Å². The van der Waals surface area contributed by atoms with Crippen molar-refractivity contribution in [1.29, 1.82) is 0 Å². The van der Waals surface area contributed by atoms with E-state index in [0.717, 1.165) is 18.8 Å². The molecule has 0 unspecified atom stereocenters. The highest BCUT2D eigenvalue weighted by molar-refractivity contribution is 7.12. The molecule has 0 aliphatic heterocycles. The van der Waals surface area contributed by atoms with Gasteiger partial charge >= 0.3 is 0 Å². The highest BCUT2D eigenvalue weighted by Crippen LogP contribution is 2.30. The number of aryl methyl sites for hydroxylation is 2. The van der Waals surface area contributed by atoms with E-state index in [1.165, 1.54) is 35.7 Å². The van der Waals surface area contributed by atoms with Crippen molar-refractivity contribution in [2.45, 2.75) is 32.4 Å². The Kier molecular flexibility index (Phi) is 2.99. The average Bonchev–Trinajstić information content (AvgIpc) is 2.91. The molecule has 2 aromatic rings. The number of rotatable bonds is 4. The lowest BCUT2D eigenvalue weighted by Crippen LogP contribution is -2.12. The molecule has 0 saturated carbocycles. The van der Waals surface area contributed by atoms with Gasteiger partial charge in [-0.05, 0) is 42.4 Å². The number of fused-ring (bicyclic) bond motifs is 1. The van der Waals surface area contributed by atoms with Crippen molar-refractivity contribution in [2.75, 3.05) is 0 Å². The molecule has 84 valence electrons. The van der Waals surface area contributed by atoms with E-state index >= 15 is 0 Å². The second-order valence-electron chi connectivity index (χ2n) is 4.01. The lowest BCUT2D eigenvalue weighted by Gasteiger charge is -1.99. The van der Waals surface area contributed by atoms with Crippen LogP contribution in [0.5, 0.6) is 0 Å². The number of hydrogen-bond donors (Lipinski definition) is 1. The van der Waals surface area contributed by atoms with Crippen LogP contribution in [-0.2, 0) is 25.9 Å². The molecule has 2 aromatic heterocycles. The van der Waals surface area contributed by atoms with Gasteiger partial charge in [0.15, 0.2) is 0 Å². The van der Waals surface area contributed by atoms with Crippen LogP contribution in [0.25, 0.3) is 0 Å². The summed E-state index contributed by atoms with van der Waals surface area (Å²) < 4.78 is 3.84. The fourth-order valence-corrected chi connectivity index (χ4v) is 3.73.